The maximum absolute atomic E-state index is 15.7. The van der Waals surface area contributed by atoms with E-state index in [1.165, 1.54) is 17.3 Å². The fourth-order valence-electron chi connectivity index (χ4n) is 4.76. The number of hydrogen-bond acceptors (Lipinski definition) is 4. The zero-order valence-electron chi connectivity index (χ0n) is 23.3. The average molecular weight is 548 g/mol. The summed E-state index contributed by atoms with van der Waals surface area (Å²) in [5.74, 6) is 0.522. The number of rotatable bonds is 14. The molecule has 0 aliphatic carbocycles. The highest BCUT2D eigenvalue weighted by molar-refractivity contribution is 7.83. The van der Waals surface area contributed by atoms with Gasteiger partial charge in [0.05, 0.1) is 11.4 Å². The first-order valence-electron chi connectivity index (χ1n) is 14.0. The molecule has 0 saturated heterocycles. The lowest BCUT2D eigenvalue weighted by atomic mass is 9.94. The van der Waals surface area contributed by atoms with Crippen molar-refractivity contribution >= 4 is 28.9 Å². The van der Waals surface area contributed by atoms with E-state index in [1.807, 2.05) is 18.3 Å². The molecule has 0 fully saturated rings. The summed E-state index contributed by atoms with van der Waals surface area (Å²) in [6, 6.07) is 16.5. The zero-order chi connectivity index (χ0) is 27.9. The molecule has 2 aromatic rings. The Morgan fingerprint density at radius 3 is 2.54 bits per heavy atom. The minimum Gasteiger partial charge on any atom is -0.405 e. The zero-order valence-corrected chi connectivity index (χ0v) is 24.1. The number of nitrogens with zero attached hydrogens (tertiary/aromatic N) is 2. The second-order valence-corrected chi connectivity index (χ2v) is 11.6. The fourth-order valence-corrected chi connectivity index (χ4v) is 5.42. The Labute approximate surface area is 236 Å². The molecule has 2 N–H and O–H groups in total. The van der Waals surface area contributed by atoms with E-state index in [4.69, 9.17) is 5.73 Å². The molecule has 1 aliphatic rings. The second kappa shape index (κ2) is 16.8. The topological polar surface area (TPSA) is 67.8 Å². The van der Waals surface area contributed by atoms with E-state index in [9.17, 15) is 4.21 Å². The lowest BCUT2D eigenvalue weighted by Crippen LogP contribution is -2.05. The molecular formula is C33H42FN3OS. The number of nitrogens with two attached hydrogens (primary N) is 1. The Balaban J connectivity index is 1.52. The Kier molecular flexibility index (Phi) is 13.1. The van der Waals surface area contributed by atoms with Gasteiger partial charge in [0.2, 0.25) is 0 Å². The summed E-state index contributed by atoms with van der Waals surface area (Å²) in [4.78, 5) is 8.97. The minimum absolute atomic E-state index is 0.0506. The van der Waals surface area contributed by atoms with Crippen molar-refractivity contribution in [2.45, 2.75) is 70.5 Å². The van der Waals surface area contributed by atoms with E-state index in [-0.39, 0.29) is 11.7 Å². The first-order valence-corrected chi connectivity index (χ1v) is 15.7. The summed E-state index contributed by atoms with van der Waals surface area (Å²) in [6.45, 7) is 2.09. The van der Waals surface area contributed by atoms with Gasteiger partial charge in [-0.3, -0.25) is 14.2 Å². The molecule has 3 rings (SSSR count). The van der Waals surface area contributed by atoms with E-state index >= 15 is 4.39 Å². The first-order chi connectivity index (χ1) is 19.0. The molecular weight excluding hydrogens is 505 g/mol. The minimum atomic E-state index is -0.825. The van der Waals surface area contributed by atoms with Crippen molar-refractivity contribution < 1.29 is 8.60 Å². The van der Waals surface area contributed by atoms with Crippen LogP contribution in [0, 0.1) is 5.92 Å². The van der Waals surface area contributed by atoms with Crippen molar-refractivity contribution in [2.75, 3.05) is 6.26 Å². The molecule has 0 radical (unpaired) electrons. The molecule has 0 bridgehead atoms. The van der Waals surface area contributed by atoms with Gasteiger partial charge >= 0.3 is 0 Å². The normalized spacial score (nSPS) is 17.3. The Bertz CT molecular complexity index is 1230. The summed E-state index contributed by atoms with van der Waals surface area (Å²) in [5.41, 5.74) is 11.3. The van der Waals surface area contributed by atoms with Gasteiger partial charge in [-0.2, -0.15) is 0 Å². The largest absolute Gasteiger partial charge is 0.405 e. The van der Waals surface area contributed by atoms with Crippen LogP contribution in [0.25, 0.3) is 0 Å². The third kappa shape index (κ3) is 10.9. The van der Waals surface area contributed by atoms with Crippen LogP contribution in [0.5, 0.6) is 0 Å². The van der Waals surface area contributed by atoms with Gasteiger partial charge < -0.3 is 5.73 Å². The molecule has 0 saturated carbocycles. The van der Waals surface area contributed by atoms with Crippen molar-refractivity contribution in [3.8, 4) is 0 Å². The number of unbranched alkanes of at least 4 members (excludes halogenated alkanes) is 1. The van der Waals surface area contributed by atoms with Crippen molar-refractivity contribution in [3.05, 3.63) is 101 Å². The maximum atomic E-state index is 15.7. The highest BCUT2D eigenvalue weighted by Crippen LogP contribution is 2.31. The summed E-state index contributed by atoms with van der Waals surface area (Å²) >= 11 is 0. The predicted molar refractivity (Wildman–Crippen MR) is 166 cm³/mol. The van der Waals surface area contributed by atoms with Gasteiger partial charge in [0.1, 0.15) is 5.83 Å². The van der Waals surface area contributed by atoms with E-state index in [1.54, 1.807) is 18.5 Å². The SMILES string of the molecule is CC(CCCc1cccc(N=CC=CN)c1)C1=C(F)/C(CCCCc2ccc(CS(C)=O)cc2)=C\CCC=N1. The molecule has 0 spiro atoms. The third-order valence-electron chi connectivity index (χ3n) is 6.88. The van der Waals surface area contributed by atoms with Crippen LogP contribution < -0.4 is 5.73 Å². The van der Waals surface area contributed by atoms with Crippen LogP contribution in [0.2, 0.25) is 0 Å². The van der Waals surface area contributed by atoms with Crippen molar-refractivity contribution in [2.24, 2.45) is 21.6 Å². The molecule has 0 aromatic heterocycles. The molecule has 1 aliphatic heterocycles. The monoisotopic (exact) mass is 547 g/mol. The molecule has 208 valence electrons. The number of allylic oxidation sites excluding steroid dienone is 5. The average Bonchev–Trinajstić information content (AvgIpc) is 2.91. The van der Waals surface area contributed by atoms with Crippen LogP contribution in [0.4, 0.5) is 10.1 Å². The predicted octanol–water partition coefficient (Wildman–Crippen LogP) is 8.08. The maximum Gasteiger partial charge on any atom is 0.147 e. The van der Waals surface area contributed by atoms with Crippen LogP contribution in [0.1, 0.15) is 68.6 Å². The Hall–Kier alpha value is -3.12. The summed E-state index contributed by atoms with van der Waals surface area (Å²) in [7, 11) is -0.825. The molecule has 4 nitrogen and oxygen atoms in total. The number of hydrogen-bond donors (Lipinski definition) is 1. The molecule has 39 heavy (non-hydrogen) atoms. The first kappa shape index (κ1) is 30.4. The van der Waals surface area contributed by atoms with Crippen molar-refractivity contribution in [1.29, 1.82) is 0 Å². The van der Waals surface area contributed by atoms with Gasteiger partial charge in [-0.1, -0.05) is 49.4 Å². The number of halogens is 1. The second-order valence-electron chi connectivity index (χ2n) is 10.2. The van der Waals surface area contributed by atoms with Crippen LogP contribution in [0.3, 0.4) is 0 Å². The van der Waals surface area contributed by atoms with E-state index in [2.05, 4.69) is 59.4 Å². The van der Waals surface area contributed by atoms with Crippen molar-refractivity contribution in [3.63, 3.8) is 0 Å². The van der Waals surface area contributed by atoms with Crippen LogP contribution in [0.15, 0.2) is 94.0 Å². The van der Waals surface area contributed by atoms with Gasteiger partial charge in [-0.25, -0.2) is 4.39 Å². The fraction of sp³-hybridized carbons (Fsp3) is 0.394. The molecule has 1 heterocycles. The highest BCUT2D eigenvalue weighted by Gasteiger charge is 2.18. The smallest absolute Gasteiger partial charge is 0.147 e. The summed E-state index contributed by atoms with van der Waals surface area (Å²) in [6.07, 6.45) is 18.6. The van der Waals surface area contributed by atoms with E-state index in [0.717, 1.165) is 74.6 Å². The molecule has 2 aromatic carbocycles. The van der Waals surface area contributed by atoms with Gasteiger partial charge in [0.15, 0.2) is 0 Å². The van der Waals surface area contributed by atoms with Gasteiger partial charge in [0, 0.05) is 41.2 Å². The van der Waals surface area contributed by atoms with Crippen LogP contribution >= 0.6 is 0 Å². The third-order valence-corrected chi connectivity index (χ3v) is 7.62. The lowest BCUT2D eigenvalue weighted by molar-refractivity contribution is 0.530. The molecule has 0 amide bonds. The van der Waals surface area contributed by atoms with Crippen molar-refractivity contribution in [1.82, 2.24) is 0 Å². The summed E-state index contributed by atoms with van der Waals surface area (Å²) in [5, 5.41) is 0. The van der Waals surface area contributed by atoms with E-state index in [0.29, 0.717) is 11.4 Å². The highest BCUT2D eigenvalue weighted by atomic mass is 32.2. The quantitative estimate of drug-likeness (QED) is 0.192. The van der Waals surface area contributed by atoms with Crippen LogP contribution in [-0.4, -0.2) is 22.9 Å². The lowest BCUT2D eigenvalue weighted by Gasteiger charge is -2.17. The molecule has 2 unspecified atom stereocenters. The molecule has 2 atom stereocenters. The standard InChI is InChI=1S/C33H42FN3OS/c1-26(10-7-12-28-13-8-16-31(24-28)36-23-9-21-35)33-32(34)30(15-5-6-22-37-33)14-4-3-11-27-17-19-29(20-18-27)25-39(2)38/h8-9,13,15-24,26H,3-7,10-12,14,25,35H2,1-2H3/b21-9?,30-15-,33-32?,36-23?,37-22?. The Morgan fingerprint density at radius 2 is 1.77 bits per heavy atom. The molecule has 6 heteroatoms. The van der Waals surface area contributed by atoms with E-state index < -0.39 is 10.8 Å². The Morgan fingerprint density at radius 1 is 1.03 bits per heavy atom. The number of benzene rings is 2. The number of aryl methyl sites for hydroxylation is 2. The summed E-state index contributed by atoms with van der Waals surface area (Å²) < 4.78 is 27.1. The van der Waals surface area contributed by atoms with Gasteiger partial charge in [0.25, 0.3) is 0 Å². The van der Waals surface area contributed by atoms with Gasteiger partial charge in [-0.15, -0.1) is 0 Å². The van der Waals surface area contributed by atoms with Gasteiger partial charge in [-0.05, 0) is 104 Å². The number of aliphatic imine (C=N–C) groups is 2. The van der Waals surface area contributed by atoms with Crippen LogP contribution in [-0.2, 0) is 29.4 Å².